The Balaban J connectivity index is 0.00000142. The van der Waals surface area contributed by atoms with Gasteiger partial charge in [-0.3, -0.25) is 14.3 Å². The van der Waals surface area contributed by atoms with Crippen LogP contribution in [0.2, 0.25) is 0 Å². The highest BCUT2D eigenvalue weighted by atomic mass is 16.5. The number of nitrogens with zero attached hydrogens (tertiary/aromatic N) is 2. The standard InChI is InChI=1S/C36H42N2O5.C3H9N/c1-26(2)28(24-32(12-8-9-23-39)38-22-21-34(40)37-35(38)41)25-43-36(29-10-6-5-7-11-29,30-15-13-27(3)14-16-30)31-17-19-33(42-4)20-18-31;1-4(2)3/h5-7,10-11,13-23,26,28,32H,8-9,12,24-25H2,1-4H3,(H,37,40,41);1-3H3/t28?,32-,36?;/m0./s1. The lowest BCUT2D eigenvalue weighted by molar-refractivity contribution is -0.108. The van der Waals surface area contributed by atoms with Crippen LogP contribution in [-0.2, 0) is 15.1 Å². The van der Waals surface area contributed by atoms with E-state index in [4.69, 9.17) is 9.47 Å². The smallest absolute Gasteiger partial charge is 0.328 e. The van der Waals surface area contributed by atoms with E-state index in [1.165, 1.54) is 6.07 Å². The van der Waals surface area contributed by atoms with Crippen LogP contribution < -0.4 is 16.0 Å². The Hall–Kier alpha value is -4.27. The number of aryl methyl sites for hydroxylation is 1. The average molecular weight is 642 g/mol. The van der Waals surface area contributed by atoms with E-state index in [2.05, 4.69) is 74.3 Å². The van der Waals surface area contributed by atoms with E-state index in [1.807, 2.05) is 56.4 Å². The number of ether oxygens (including phenoxy) is 2. The Morgan fingerprint density at radius 2 is 1.45 bits per heavy atom. The second-order valence-electron chi connectivity index (χ2n) is 12.8. The molecule has 0 aliphatic heterocycles. The number of carbonyl (C=O) groups excluding carboxylic acids is 1. The zero-order chi connectivity index (χ0) is 34.4. The summed E-state index contributed by atoms with van der Waals surface area (Å²) >= 11 is 0. The zero-order valence-corrected chi connectivity index (χ0v) is 28.9. The number of nitrogens with one attached hydrogen (secondary N) is 1. The van der Waals surface area contributed by atoms with Gasteiger partial charge >= 0.3 is 5.69 Å². The number of carbonyl (C=O) groups is 1. The van der Waals surface area contributed by atoms with Gasteiger partial charge in [0.05, 0.1) is 13.7 Å². The van der Waals surface area contributed by atoms with Crippen molar-refractivity contribution in [3.05, 3.63) is 134 Å². The monoisotopic (exact) mass is 641 g/mol. The van der Waals surface area contributed by atoms with Crippen LogP contribution in [0.15, 0.2) is 101 Å². The number of unbranched alkanes of at least 4 members (excludes halogenated alkanes) is 1. The number of methoxy groups -OCH3 is 1. The van der Waals surface area contributed by atoms with E-state index in [0.29, 0.717) is 32.3 Å². The van der Waals surface area contributed by atoms with Gasteiger partial charge < -0.3 is 19.2 Å². The maximum Gasteiger partial charge on any atom is 0.328 e. The molecule has 1 N–H and O–H groups in total. The lowest BCUT2D eigenvalue weighted by Crippen LogP contribution is -2.37. The van der Waals surface area contributed by atoms with Gasteiger partial charge in [0.2, 0.25) is 0 Å². The molecule has 3 aromatic carbocycles. The number of hydrogen-bond acceptors (Lipinski definition) is 6. The Morgan fingerprint density at radius 1 is 0.872 bits per heavy atom. The molecule has 0 bridgehead atoms. The number of hydrogen-bond donors (Lipinski definition) is 1. The molecule has 252 valence electrons. The van der Waals surface area contributed by atoms with Crippen LogP contribution in [0, 0.1) is 18.8 Å². The molecule has 4 aromatic rings. The first-order chi connectivity index (χ1) is 22.5. The van der Waals surface area contributed by atoms with E-state index in [1.54, 1.807) is 17.9 Å². The highest BCUT2D eigenvalue weighted by molar-refractivity contribution is 5.49. The van der Waals surface area contributed by atoms with E-state index in [9.17, 15) is 14.4 Å². The minimum absolute atomic E-state index is 0.0619. The van der Waals surface area contributed by atoms with E-state index < -0.39 is 16.9 Å². The molecule has 0 amide bonds. The molecule has 0 saturated carbocycles. The lowest BCUT2D eigenvalue weighted by Gasteiger charge is -2.38. The van der Waals surface area contributed by atoms with Crippen molar-refractivity contribution in [2.24, 2.45) is 11.8 Å². The molecule has 1 aromatic heterocycles. The zero-order valence-electron chi connectivity index (χ0n) is 28.9. The van der Waals surface area contributed by atoms with Crippen molar-refractivity contribution in [2.45, 2.75) is 58.1 Å². The van der Waals surface area contributed by atoms with Crippen LogP contribution in [0.3, 0.4) is 0 Å². The molecule has 0 radical (unpaired) electrons. The van der Waals surface area contributed by atoms with Crippen molar-refractivity contribution >= 4 is 6.29 Å². The third-order valence-corrected chi connectivity index (χ3v) is 8.27. The molecular weight excluding hydrogens is 590 g/mol. The molecule has 8 nitrogen and oxygen atoms in total. The number of aldehydes is 1. The van der Waals surface area contributed by atoms with Gasteiger partial charge in [-0.25, -0.2) is 4.79 Å². The molecule has 0 aliphatic carbocycles. The summed E-state index contributed by atoms with van der Waals surface area (Å²) in [5.41, 5.74) is 2.37. The SMILES string of the molecule is CN(C)C.COc1ccc(C(OCC(C[C@H](CCCC=O)n2ccc(=O)[nH]c2=O)C(C)C)(c2ccccc2)c2ccc(C)cc2)cc1. The van der Waals surface area contributed by atoms with Crippen LogP contribution in [0.5, 0.6) is 5.75 Å². The predicted molar refractivity (Wildman–Crippen MR) is 189 cm³/mol. The summed E-state index contributed by atoms with van der Waals surface area (Å²) < 4.78 is 14.3. The molecule has 0 aliphatic rings. The van der Waals surface area contributed by atoms with Crippen LogP contribution in [0.4, 0.5) is 0 Å². The Kier molecular flexibility index (Phi) is 14.4. The molecule has 3 atom stereocenters. The Bertz CT molecular complexity index is 1610. The van der Waals surface area contributed by atoms with Crippen LogP contribution in [0.1, 0.15) is 67.8 Å². The maximum absolute atomic E-state index is 12.8. The molecule has 0 saturated heterocycles. The molecule has 1 heterocycles. The number of aromatic nitrogens is 2. The summed E-state index contributed by atoms with van der Waals surface area (Å²) in [6.07, 6.45) is 4.80. The van der Waals surface area contributed by atoms with Gasteiger partial charge in [-0.15, -0.1) is 0 Å². The summed E-state index contributed by atoms with van der Waals surface area (Å²) in [6, 6.07) is 27.9. The Labute approximate surface area is 279 Å². The first kappa shape index (κ1) is 37.2. The highest BCUT2D eigenvalue weighted by Crippen LogP contribution is 2.42. The van der Waals surface area contributed by atoms with Crippen LogP contribution in [0.25, 0.3) is 0 Å². The molecule has 0 fully saturated rings. The van der Waals surface area contributed by atoms with Gasteiger partial charge in [0.25, 0.3) is 5.56 Å². The fourth-order valence-corrected chi connectivity index (χ4v) is 5.67. The number of aromatic amines is 1. The lowest BCUT2D eigenvalue weighted by atomic mass is 9.79. The predicted octanol–water partition coefficient (Wildman–Crippen LogP) is 6.61. The minimum atomic E-state index is -0.907. The van der Waals surface area contributed by atoms with Crippen molar-refractivity contribution < 1.29 is 14.3 Å². The molecule has 2 unspecified atom stereocenters. The fraction of sp³-hybridized carbons (Fsp3) is 0.410. The van der Waals surface area contributed by atoms with Crippen LogP contribution >= 0.6 is 0 Å². The first-order valence-electron chi connectivity index (χ1n) is 16.3. The summed E-state index contributed by atoms with van der Waals surface area (Å²) in [4.78, 5) is 40.1. The maximum atomic E-state index is 12.8. The number of rotatable bonds is 15. The van der Waals surface area contributed by atoms with Gasteiger partial charge in [0, 0.05) is 24.7 Å². The van der Waals surface area contributed by atoms with Crippen molar-refractivity contribution in [3.8, 4) is 5.75 Å². The second-order valence-corrected chi connectivity index (χ2v) is 12.8. The molecule has 8 heteroatoms. The number of benzene rings is 3. The topological polar surface area (TPSA) is 93.6 Å². The van der Waals surface area contributed by atoms with E-state index >= 15 is 0 Å². The molecular formula is C39H51N3O5. The van der Waals surface area contributed by atoms with Crippen molar-refractivity contribution in [1.29, 1.82) is 0 Å². The minimum Gasteiger partial charge on any atom is -0.497 e. The summed E-state index contributed by atoms with van der Waals surface area (Å²) in [6.45, 7) is 6.81. The van der Waals surface area contributed by atoms with Crippen molar-refractivity contribution in [2.75, 3.05) is 34.9 Å². The van der Waals surface area contributed by atoms with Crippen molar-refractivity contribution in [1.82, 2.24) is 14.5 Å². The summed E-state index contributed by atoms with van der Waals surface area (Å²) in [7, 11) is 7.66. The molecule has 0 spiro atoms. The van der Waals surface area contributed by atoms with E-state index in [-0.39, 0.29) is 17.9 Å². The molecule has 4 rings (SSSR count). The van der Waals surface area contributed by atoms with Gasteiger partial charge in [0.15, 0.2) is 0 Å². The first-order valence-corrected chi connectivity index (χ1v) is 16.3. The van der Waals surface area contributed by atoms with Crippen molar-refractivity contribution in [3.63, 3.8) is 0 Å². The van der Waals surface area contributed by atoms with Gasteiger partial charge in [-0.1, -0.05) is 86.1 Å². The Morgan fingerprint density at radius 3 is 1.98 bits per heavy atom. The fourth-order valence-electron chi connectivity index (χ4n) is 5.67. The molecule has 47 heavy (non-hydrogen) atoms. The third kappa shape index (κ3) is 10.4. The normalized spacial score (nSPS) is 13.7. The third-order valence-electron chi connectivity index (χ3n) is 8.27. The van der Waals surface area contributed by atoms with Gasteiger partial charge in [-0.2, -0.15) is 0 Å². The largest absolute Gasteiger partial charge is 0.497 e. The number of H-pyrrole nitrogens is 1. The highest BCUT2D eigenvalue weighted by Gasteiger charge is 2.39. The van der Waals surface area contributed by atoms with E-state index in [0.717, 1.165) is 34.3 Å². The van der Waals surface area contributed by atoms with Gasteiger partial charge in [-0.05, 0) is 88.0 Å². The second kappa shape index (κ2) is 18.2. The van der Waals surface area contributed by atoms with Crippen LogP contribution in [-0.4, -0.2) is 55.6 Å². The average Bonchev–Trinajstić information content (AvgIpc) is 3.05. The summed E-state index contributed by atoms with van der Waals surface area (Å²) in [5, 5.41) is 0. The van der Waals surface area contributed by atoms with Gasteiger partial charge in [0.1, 0.15) is 17.6 Å². The summed E-state index contributed by atoms with van der Waals surface area (Å²) in [5.74, 6) is 1.06. The quantitative estimate of drug-likeness (QED) is 0.0892.